The van der Waals surface area contributed by atoms with E-state index in [1.54, 1.807) is 6.07 Å². The van der Waals surface area contributed by atoms with Gasteiger partial charge in [0.1, 0.15) is 6.04 Å². The molecule has 3 rings (SSSR count). The summed E-state index contributed by atoms with van der Waals surface area (Å²) in [7, 11) is -3.37. The second kappa shape index (κ2) is 6.01. The Balaban J connectivity index is 1.70. The van der Waals surface area contributed by atoms with Gasteiger partial charge in [-0.25, -0.2) is 8.42 Å². The van der Waals surface area contributed by atoms with Crippen molar-refractivity contribution in [3.8, 4) is 11.5 Å². The van der Waals surface area contributed by atoms with Crippen molar-refractivity contribution in [1.82, 2.24) is 9.62 Å². The van der Waals surface area contributed by atoms with Gasteiger partial charge in [0.2, 0.25) is 22.7 Å². The van der Waals surface area contributed by atoms with E-state index in [0.29, 0.717) is 30.9 Å². The van der Waals surface area contributed by atoms with Crippen LogP contribution in [0.5, 0.6) is 11.5 Å². The van der Waals surface area contributed by atoms with E-state index >= 15 is 0 Å². The normalized spacial score (nSPS) is 22.1. The quantitative estimate of drug-likeness (QED) is 0.884. The van der Waals surface area contributed by atoms with Crippen LogP contribution >= 0.6 is 0 Å². The second-order valence-electron chi connectivity index (χ2n) is 5.87. The number of carbonyl (C=O) groups is 1. The zero-order valence-electron chi connectivity index (χ0n) is 13.1. The molecule has 0 spiro atoms. The lowest BCUT2D eigenvalue weighted by Gasteiger charge is -2.23. The highest BCUT2D eigenvalue weighted by Gasteiger charge is 2.36. The minimum atomic E-state index is -3.37. The maximum Gasteiger partial charge on any atom is 0.238 e. The van der Waals surface area contributed by atoms with Gasteiger partial charge >= 0.3 is 0 Å². The molecule has 2 atom stereocenters. The number of benzene rings is 1. The average Bonchev–Trinajstić information content (AvgIpc) is 3.14. The molecule has 8 heteroatoms. The fourth-order valence-corrected chi connectivity index (χ4v) is 4.10. The summed E-state index contributed by atoms with van der Waals surface area (Å²) in [4.78, 5) is 12.4. The summed E-state index contributed by atoms with van der Waals surface area (Å²) >= 11 is 0. The standard InChI is InChI=1S/C15H20N2O5S/c1-10(11-5-6-13-14(8-11)22-9-21-13)16-15(18)12-4-3-7-17(12)23(2,19)20/h5-6,8,10,12H,3-4,7,9H2,1-2H3,(H,16,18)/t10-,12-/m1/s1. The molecular weight excluding hydrogens is 320 g/mol. The lowest BCUT2D eigenvalue weighted by atomic mass is 10.1. The third-order valence-corrected chi connectivity index (χ3v) is 5.48. The maximum absolute atomic E-state index is 12.4. The molecule has 23 heavy (non-hydrogen) atoms. The first-order valence-electron chi connectivity index (χ1n) is 7.53. The number of fused-ring (bicyclic) bond motifs is 1. The third kappa shape index (κ3) is 3.28. The van der Waals surface area contributed by atoms with Crippen LogP contribution in [0.4, 0.5) is 0 Å². The number of hydrogen-bond acceptors (Lipinski definition) is 5. The van der Waals surface area contributed by atoms with E-state index in [9.17, 15) is 13.2 Å². The Labute approximate surface area is 135 Å². The lowest BCUT2D eigenvalue weighted by Crippen LogP contribution is -2.46. The molecule has 1 amide bonds. The Morgan fingerprint density at radius 1 is 1.35 bits per heavy atom. The van der Waals surface area contributed by atoms with Crippen LogP contribution in [-0.2, 0) is 14.8 Å². The number of rotatable bonds is 4. The van der Waals surface area contributed by atoms with Crippen LogP contribution in [0.1, 0.15) is 31.4 Å². The Bertz CT molecular complexity index is 719. The number of hydrogen-bond donors (Lipinski definition) is 1. The molecule has 1 aromatic carbocycles. The van der Waals surface area contributed by atoms with Crippen LogP contribution in [0, 0.1) is 0 Å². The summed E-state index contributed by atoms with van der Waals surface area (Å²) in [5.41, 5.74) is 0.881. The molecule has 2 heterocycles. The van der Waals surface area contributed by atoms with Crippen molar-refractivity contribution in [3.63, 3.8) is 0 Å². The Morgan fingerprint density at radius 2 is 2.09 bits per heavy atom. The maximum atomic E-state index is 12.4. The molecule has 0 aliphatic carbocycles. The molecule has 1 fully saturated rings. The molecular formula is C15H20N2O5S. The summed E-state index contributed by atoms with van der Waals surface area (Å²) in [5.74, 6) is 1.08. The van der Waals surface area contributed by atoms with Crippen molar-refractivity contribution in [2.75, 3.05) is 19.6 Å². The Morgan fingerprint density at radius 3 is 2.83 bits per heavy atom. The summed E-state index contributed by atoms with van der Waals surface area (Å²) < 4.78 is 35.4. The molecule has 126 valence electrons. The van der Waals surface area contributed by atoms with Gasteiger partial charge < -0.3 is 14.8 Å². The van der Waals surface area contributed by atoms with Crippen LogP contribution in [0.3, 0.4) is 0 Å². The van der Waals surface area contributed by atoms with E-state index in [1.807, 2.05) is 19.1 Å². The Hall–Kier alpha value is -1.80. The second-order valence-corrected chi connectivity index (χ2v) is 7.81. The predicted molar refractivity (Wildman–Crippen MR) is 83.7 cm³/mol. The number of nitrogens with one attached hydrogen (secondary N) is 1. The summed E-state index contributed by atoms with van der Waals surface area (Å²) in [6, 6.07) is 4.62. The van der Waals surface area contributed by atoms with Crippen molar-refractivity contribution >= 4 is 15.9 Å². The number of ether oxygens (including phenoxy) is 2. The minimum Gasteiger partial charge on any atom is -0.454 e. The summed E-state index contributed by atoms with van der Waals surface area (Å²) in [6.07, 6.45) is 2.39. The van der Waals surface area contributed by atoms with Gasteiger partial charge in [0, 0.05) is 6.54 Å². The van der Waals surface area contributed by atoms with E-state index in [4.69, 9.17) is 9.47 Å². The highest BCUT2D eigenvalue weighted by Crippen LogP contribution is 2.34. The molecule has 0 bridgehead atoms. The molecule has 2 aliphatic heterocycles. The fraction of sp³-hybridized carbons (Fsp3) is 0.533. The van der Waals surface area contributed by atoms with Crippen LogP contribution < -0.4 is 14.8 Å². The van der Waals surface area contributed by atoms with Crippen molar-refractivity contribution < 1.29 is 22.7 Å². The van der Waals surface area contributed by atoms with Crippen LogP contribution in [0.25, 0.3) is 0 Å². The molecule has 7 nitrogen and oxygen atoms in total. The lowest BCUT2D eigenvalue weighted by molar-refractivity contribution is -0.124. The van der Waals surface area contributed by atoms with Crippen molar-refractivity contribution in [2.45, 2.75) is 31.8 Å². The Kier molecular flexibility index (Phi) is 4.20. The van der Waals surface area contributed by atoms with E-state index < -0.39 is 16.1 Å². The van der Waals surface area contributed by atoms with Crippen LogP contribution in [-0.4, -0.2) is 44.3 Å². The number of carbonyl (C=O) groups excluding carboxylic acids is 1. The van der Waals surface area contributed by atoms with Crippen LogP contribution in [0.2, 0.25) is 0 Å². The third-order valence-electron chi connectivity index (χ3n) is 4.19. The van der Waals surface area contributed by atoms with Gasteiger partial charge in [0.15, 0.2) is 11.5 Å². The SMILES string of the molecule is C[C@@H](NC(=O)[C@H]1CCCN1S(C)(=O)=O)c1ccc2c(c1)OCO2. The van der Waals surface area contributed by atoms with E-state index in [0.717, 1.165) is 11.8 Å². The topological polar surface area (TPSA) is 84.9 Å². The minimum absolute atomic E-state index is 0.199. The number of amides is 1. The molecule has 1 N–H and O–H groups in total. The fourth-order valence-electron chi connectivity index (χ4n) is 2.97. The van der Waals surface area contributed by atoms with Crippen molar-refractivity contribution in [1.29, 1.82) is 0 Å². The van der Waals surface area contributed by atoms with Gasteiger partial charge in [-0.3, -0.25) is 4.79 Å². The van der Waals surface area contributed by atoms with Crippen molar-refractivity contribution in [3.05, 3.63) is 23.8 Å². The zero-order valence-corrected chi connectivity index (χ0v) is 13.9. The van der Waals surface area contributed by atoms with E-state index in [2.05, 4.69) is 5.32 Å². The molecule has 0 aromatic heterocycles. The number of nitrogens with zero attached hydrogens (tertiary/aromatic N) is 1. The van der Waals surface area contributed by atoms with Crippen molar-refractivity contribution in [2.24, 2.45) is 0 Å². The number of sulfonamides is 1. The highest BCUT2D eigenvalue weighted by atomic mass is 32.2. The highest BCUT2D eigenvalue weighted by molar-refractivity contribution is 7.88. The van der Waals surface area contributed by atoms with E-state index in [-0.39, 0.29) is 18.7 Å². The smallest absolute Gasteiger partial charge is 0.238 e. The molecule has 0 unspecified atom stereocenters. The molecule has 2 aliphatic rings. The molecule has 1 saturated heterocycles. The predicted octanol–water partition coefficient (Wildman–Crippen LogP) is 1.02. The monoisotopic (exact) mass is 340 g/mol. The molecule has 0 radical (unpaired) electrons. The first kappa shape index (κ1) is 16.1. The van der Waals surface area contributed by atoms with Gasteiger partial charge in [-0.1, -0.05) is 6.07 Å². The van der Waals surface area contributed by atoms with Gasteiger partial charge in [0.05, 0.1) is 12.3 Å². The first-order chi connectivity index (χ1) is 10.9. The summed E-state index contributed by atoms with van der Waals surface area (Å²) in [5, 5.41) is 2.89. The molecule has 1 aromatic rings. The average molecular weight is 340 g/mol. The summed E-state index contributed by atoms with van der Waals surface area (Å²) in [6.45, 7) is 2.45. The first-order valence-corrected chi connectivity index (χ1v) is 9.38. The van der Waals surface area contributed by atoms with Crippen LogP contribution in [0.15, 0.2) is 18.2 Å². The largest absolute Gasteiger partial charge is 0.454 e. The van der Waals surface area contributed by atoms with E-state index in [1.165, 1.54) is 4.31 Å². The zero-order chi connectivity index (χ0) is 16.6. The van der Waals surface area contributed by atoms with Gasteiger partial charge in [-0.2, -0.15) is 4.31 Å². The van der Waals surface area contributed by atoms with Gasteiger partial charge in [0.25, 0.3) is 0 Å². The molecule has 0 saturated carbocycles. The van der Waals surface area contributed by atoms with Gasteiger partial charge in [-0.15, -0.1) is 0 Å². The van der Waals surface area contributed by atoms with Gasteiger partial charge in [-0.05, 0) is 37.5 Å².